The van der Waals surface area contributed by atoms with Gasteiger partial charge in [0, 0.05) is 29.4 Å². The molecule has 0 spiro atoms. The van der Waals surface area contributed by atoms with Crippen LogP contribution in [-0.4, -0.2) is 88.2 Å². The Labute approximate surface area is 212 Å². The maximum atomic E-state index is 13.2. The molecule has 192 valence electrons. The molecule has 1 aromatic heterocycles. The average Bonchev–Trinajstić information content (AvgIpc) is 3.41. The Balaban J connectivity index is 1.43. The number of thiazole rings is 1. The lowest BCUT2D eigenvalue weighted by atomic mass is 9.89. The molecule has 1 aliphatic carbocycles. The van der Waals surface area contributed by atoms with Crippen LogP contribution >= 0.6 is 22.9 Å². The monoisotopic (exact) mass is 561 g/mol. The van der Waals surface area contributed by atoms with E-state index in [1.165, 1.54) is 0 Å². The summed E-state index contributed by atoms with van der Waals surface area (Å²) in [7, 11) is -1.85. The minimum absolute atomic E-state index is 0.0355. The van der Waals surface area contributed by atoms with Gasteiger partial charge in [0.25, 0.3) is 17.5 Å². The van der Waals surface area contributed by atoms with Crippen LogP contribution in [0.15, 0.2) is 5.16 Å². The van der Waals surface area contributed by atoms with Gasteiger partial charge in [0.15, 0.2) is 10.8 Å². The molecule has 0 aromatic carbocycles. The van der Waals surface area contributed by atoms with Crippen LogP contribution in [0.1, 0.15) is 25.0 Å². The molecule has 5 N–H and O–H groups in total. The van der Waals surface area contributed by atoms with Crippen molar-refractivity contribution in [3.8, 4) is 0 Å². The van der Waals surface area contributed by atoms with Gasteiger partial charge in [-0.2, -0.15) is 0 Å². The Kier molecular flexibility index (Phi) is 5.49. The average molecular weight is 562 g/mol. The van der Waals surface area contributed by atoms with Crippen molar-refractivity contribution < 1.29 is 48.0 Å². The van der Waals surface area contributed by atoms with Gasteiger partial charge in [-0.15, -0.1) is 0 Å². The number of anilines is 1. The SMILES string of the molecule is Nc1nc(/C(=N/OC2(C(=O)O)CC2)C(=O)N[C@@H]2C(=O)N3[C@@H]2[S@@](=O)C[C@@H]2CC(=O)O[C@@]23C(=O)O)c(Cl)s1. The number of carboxylic acids is 2. The number of esters is 1. The first-order valence-electron chi connectivity index (χ1n) is 10.3. The second-order valence-corrected chi connectivity index (χ2v) is 11.7. The van der Waals surface area contributed by atoms with E-state index in [0.29, 0.717) is 4.90 Å². The molecular formula is C18H16ClN5O10S2. The molecule has 0 radical (unpaired) electrons. The zero-order valence-electron chi connectivity index (χ0n) is 17.8. The van der Waals surface area contributed by atoms with Crippen LogP contribution in [0.4, 0.5) is 5.13 Å². The molecule has 0 bridgehead atoms. The maximum absolute atomic E-state index is 13.2. The molecule has 1 aromatic rings. The number of carboxylic acid groups (broad SMARTS) is 2. The summed E-state index contributed by atoms with van der Waals surface area (Å²) in [5.74, 6) is -7.05. The van der Waals surface area contributed by atoms with Crippen molar-refractivity contribution in [2.24, 2.45) is 11.1 Å². The molecule has 36 heavy (non-hydrogen) atoms. The summed E-state index contributed by atoms with van der Waals surface area (Å²) in [5, 5.41) is 23.7. The molecule has 5 rings (SSSR count). The van der Waals surface area contributed by atoms with Gasteiger partial charge in [0.1, 0.15) is 21.4 Å². The van der Waals surface area contributed by atoms with Gasteiger partial charge in [-0.05, 0) is 0 Å². The highest BCUT2D eigenvalue weighted by Crippen LogP contribution is 2.48. The number of amides is 2. The minimum atomic E-state index is -2.32. The lowest BCUT2D eigenvalue weighted by Crippen LogP contribution is -2.83. The number of oxime groups is 1. The third kappa shape index (κ3) is 3.44. The molecule has 3 saturated heterocycles. The predicted molar refractivity (Wildman–Crippen MR) is 119 cm³/mol. The van der Waals surface area contributed by atoms with Gasteiger partial charge in [0.05, 0.1) is 12.3 Å². The zero-order valence-corrected chi connectivity index (χ0v) is 20.2. The van der Waals surface area contributed by atoms with Crippen LogP contribution in [0, 0.1) is 5.92 Å². The Morgan fingerprint density at radius 2 is 2.00 bits per heavy atom. The number of carbonyl (C=O) groups excluding carboxylic acids is 3. The van der Waals surface area contributed by atoms with E-state index in [9.17, 15) is 38.4 Å². The minimum Gasteiger partial charge on any atom is -0.478 e. The third-order valence-electron chi connectivity index (χ3n) is 6.31. The number of hydrogen-bond donors (Lipinski definition) is 4. The van der Waals surface area contributed by atoms with E-state index >= 15 is 0 Å². The van der Waals surface area contributed by atoms with Gasteiger partial charge in [0.2, 0.25) is 5.60 Å². The van der Waals surface area contributed by atoms with Crippen molar-refractivity contribution in [1.29, 1.82) is 0 Å². The van der Waals surface area contributed by atoms with Gasteiger partial charge >= 0.3 is 17.9 Å². The van der Waals surface area contributed by atoms with E-state index in [2.05, 4.69) is 15.5 Å². The van der Waals surface area contributed by atoms with Crippen molar-refractivity contribution in [2.45, 2.75) is 42.0 Å². The van der Waals surface area contributed by atoms with Crippen molar-refractivity contribution in [3.63, 3.8) is 0 Å². The maximum Gasteiger partial charge on any atom is 0.370 e. The molecule has 15 nitrogen and oxygen atoms in total. The summed E-state index contributed by atoms with van der Waals surface area (Å²) in [6.07, 6.45) is -0.0430. The topological polar surface area (TPSA) is 228 Å². The van der Waals surface area contributed by atoms with Crippen LogP contribution in [0.5, 0.6) is 0 Å². The first-order chi connectivity index (χ1) is 16.9. The Morgan fingerprint density at radius 1 is 1.31 bits per heavy atom. The van der Waals surface area contributed by atoms with Crippen LogP contribution < -0.4 is 11.1 Å². The normalized spacial score (nSPS) is 32.0. The molecule has 3 aliphatic heterocycles. The summed E-state index contributed by atoms with van der Waals surface area (Å²) in [5.41, 5.74) is 0.863. The van der Waals surface area contributed by atoms with Crippen molar-refractivity contribution in [3.05, 3.63) is 10.0 Å². The standard InChI is InChI=1S/C18H16ClN5O10S2/c19-10-7(22-16(20)35-10)8(23-34-17(1-2-17)14(28)29)11(26)21-9-12(27)24-13(9)36(32)4-5-3-6(25)33-18(5,24)15(30)31/h5,9,13H,1-4H2,(H2,20,22)(H,21,26)(H,28,29)(H,30,31)/b23-8-/t5-,9+,13+,18+,36-/m0/s1. The van der Waals surface area contributed by atoms with Crippen molar-refractivity contribution in [1.82, 2.24) is 15.2 Å². The molecule has 4 fully saturated rings. The van der Waals surface area contributed by atoms with Crippen LogP contribution in [0.2, 0.25) is 4.34 Å². The number of nitrogen functional groups attached to an aromatic ring is 1. The first kappa shape index (κ1) is 24.4. The highest BCUT2D eigenvalue weighted by Gasteiger charge is 2.73. The Morgan fingerprint density at radius 3 is 2.56 bits per heavy atom. The van der Waals surface area contributed by atoms with Gasteiger partial charge in [-0.1, -0.05) is 28.1 Å². The largest absolute Gasteiger partial charge is 0.478 e. The van der Waals surface area contributed by atoms with Crippen molar-refractivity contribution in [2.75, 3.05) is 11.5 Å². The number of carbonyl (C=O) groups is 5. The zero-order chi connectivity index (χ0) is 26.2. The number of rotatable bonds is 7. The van der Waals surface area contributed by atoms with Crippen LogP contribution in [0.3, 0.4) is 0 Å². The number of nitrogens with one attached hydrogen (secondary N) is 1. The summed E-state index contributed by atoms with van der Waals surface area (Å²) < 4.78 is 17.9. The lowest BCUT2D eigenvalue weighted by Gasteiger charge is -2.56. The van der Waals surface area contributed by atoms with E-state index in [0.717, 1.165) is 11.3 Å². The second-order valence-electron chi connectivity index (χ2n) is 8.48. The van der Waals surface area contributed by atoms with E-state index in [1.807, 2.05) is 0 Å². The molecular weight excluding hydrogens is 546 g/mol. The fourth-order valence-corrected chi connectivity index (χ4v) is 7.20. The molecule has 4 heterocycles. The number of ether oxygens (including phenoxy) is 1. The number of aliphatic carboxylic acids is 2. The van der Waals surface area contributed by atoms with E-state index in [4.69, 9.17) is 26.9 Å². The molecule has 2 amide bonds. The second kappa shape index (κ2) is 8.10. The molecule has 4 aliphatic rings. The lowest BCUT2D eigenvalue weighted by molar-refractivity contribution is -0.216. The summed E-state index contributed by atoms with van der Waals surface area (Å²) in [6, 6.07) is -1.47. The quantitative estimate of drug-likeness (QED) is 0.129. The van der Waals surface area contributed by atoms with Gasteiger partial charge in [-0.25, -0.2) is 14.6 Å². The third-order valence-corrected chi connectivity index (χ3v) is 9.15. The molecule has 0 unspecified atom stereocenters. The highest BCUT2D eigenvalue weighted by molar-refractivity contribution is 7.85. The van der Waals surface area contributed by atoms with Gasteiger partial charge < -0.3 is 30.8 Å². The van der Waals surface area contributed by atoms with Crippen LogP contribution in [0.25, 0.3) is 0 Å². The summed E-state index contributed by atoms with van der Waals surface area (Å²) in [4.78, 5) is 71.2. The van der Waals surface area contributed by atoms with E-state index < -0.39 is 74.9 Å². The number of nitrogens with zero attached hydrogens (tertiary/aromatic N) is 3. The Bertz CT molecular complexity index is 1290. The first-order valence-corrected chi connectivity index (χ1v) is 12.9. The Hall–Kier alpha value is -3.31. The van der Waals surface area contributed by atoms with E-state index in [-0.39, 0.29) is 40.2 Å². The number of fused-ring (bicyclic) bond motifs is 3. The molecule has 1 saturated carbocycles. The predicted octanol–water partition coefficient (Wildman–Crippen LogP) is -1.52. The molecule has 5 atom stereocenters. The van der Waals surface area contributed by atoms with E-state index in [1.54, 1.807) is 0 Å². The summed E-state index contributed by atoms with van der Waals surface area (Å²) in [6.45, 7) is 0. The molecule has 18 heteroatoms. The highest BCUT2D eigenvalue weighted by atomic mass is 35.5. The summed E-state index contributed by atoms with van der Waals surface area (Å²) >= 11 is 6.90. The number of nitrogens with two attached hydrogens (primary N) is 1. The van der Waals surface area contributed by atoms with Crippen molar-refractivity contribution >= 4 is 74.3 Å². The van der Waals surface area contributed by atoms with Crippen LogP contribution in [-0.2, 0) is 44.3 Å². The fourth-order valence-electron chi connectivity index (χ4n) is 4.35. The number of hydrogen-bond acceptors (Lipinski definition) is 12. The van der Waals surface area contributed by atoms with Gasteiger partial charge in [-0.3, -0.25) is 23.5 Å². The number of halogens is 1. The fraction of sp³-hybridized carbons (Fsp3) is 0.500. The number of aromatic nitrogens is 1. The number of β-lactam (4-membered cyclic amide) rings is 1. The smallest absolute Gasteiger partial charge is 0.370 e.